The fraction of sp³-hybridized carbons (Fsp3) is 0.625. The van der Waals surface area contributed by atoms with Crippen LogP contribution in [-0.2, 0) is 9.47 Å². The molecule has 4 atom stereocenters. The second kappa shape index (κ2) is 3.24. The van der Waals surface area contributed by atoms with Gasteiger partial charge in [0.25, 0.3) is 0 Å². The van der Waals surface area contributed by atoms with Gasteiger partial charge in [-0.25, -0.2) is 0 Å². The zero-order valence-electron chi connectivity index (χ0n) is 8.09. The van der Waals surface area contributed by atoms with Crippen LogP contribution in [0, 0.1) is 10.1 Å². The van der Waals surface area contributed by atoms with Crippen LogP contribution in [0.2, 0.25) is 0 Å². The van der Waals surface area contributed by atoms with Crippen LogP contribution >= 0.6 is 0 Å². The summed E-state index contributed by atoms with van der Waals surface area (Å²) < 4.78 is 12.0. The van der Waals surface area contributed by atoms with Gasteiger partial charge in [-0.05, 0) is 4.92 Å². The Kier molecular flexibility index (Phi) is 1.96. The van der Waals surface area contributed by atoms with Gasteiger partial charge in [-0.2, -0.15) is 4.57 Å². The highest BCUT2D eigenvalue weighted by Gasteiger charge is 2.60. The van der Waals surface area contributed by atoms with E-state index in [0.29, 0.717) is 0 Å². The first-order valence-electron chi connectivity index (χ1n) is 4.81. The van der Waals surface area contributed by atoms with Crippen LogP contribution in [0.25, 0.3) is 0 Å². The monoisotopic (exact) mass is 227 g/mol. The molecule has 0 aromatic carbocycles. The van der Waals surface area contributed by atoms with Crippen molar-refractivity contribution in [1.82, 2.24) is 9.55 Å². The first-order chi connectivity index (χ1) is 7.72. The van der Waals surface area contributed by atoms with Gasteiger partial charge in [-0.3, -0.25) is 0 Å². The third-order valence-electron chi connectivity index (χ3n) is 2.79. The number of hydrogen-bond donors (Lipinski definition) is 1. The summed E-state index contributed by atoms with van der Waals surface area (Å²) in [7, 11) is 0. The quantitative estimate of drug-likeness (QED) is 0.422. The van der Waals surface area contributed by atoms with Crippen LogP contribution in [0.3, 0.4) is 0 Å². The van der Waals surface area contributed by atoms with Gasteiger partial charge in [0.15, 0.2) is 0 Å². The number of aliphatic hydroxyl groups excluding tert-OH is 1. The molecule has 8 nitrogen and oxygen atoms in total. The van der Waals surface area contributed by atoms with Gasteiger partial charge < -0.3 is 24.7 Å². The highest BCUT2D eigenvalue weighted by atomic mass is 16.7. The number of aliphatic hydroxyl groups is 1. The Hall–Kier alpha value is -1.51. The summed E-state index contributed by atoms with van der Waals surface area (Å²) in [5.74, 6) is -0.280. The standard InChI is InChI=1S/C8H9N3O5/c12-3-4-5-6(16-5)7(15-4)10-2-1-9-8(10)11(13)14/h1-2,4-7,12H,3H2/t4-,5-,6-,7-/m1/s1. The minimum absolute atomic E-state index is 0.153. The molecule has 0 unspecified atom stereocenters. The molecule has 3 heterocycles. The molecule has 2 saturated heterocycles. The first kappa shape index (κ1) is 9.70. The predicted molar refractivity (Wildman–Crippen MR) is 48.5 cm³/mol. The molecule has 0 radical (unpaired) electrons. The molecule has 2 aliphatic heterocycles. The number of hydrogen-bond acceptors (Lipinski definition) is 6. The number of nitrogens with zero attached hydrogens (tertiary/aromatic N) is 3. The molecule has 1 N–H and O–H groups in total. The largest absolute Gasteiger partial charge is 0.436 e. The highest BCUT2D eigenvalue weighted by Crippen LogP contribution is 2.45. The van der Waals surface area contributed by atoms with E-state index in [-0.39, 0.29) is 24.8 Å². The minimum Gasteiger partial charge on any atom is -0.394 e. The van der Waals surface area contributed by atoms with Crippen LogP contribution < -0.4 is 0 Å². The van der Waals surface area contributed by atoms with Gasteiger partial charge in [0.1, 0.15) is 30.7 Å². The maximum absolute atomic E-state index is 10.7. The molecule has 0 amide bonds. The molecule has 16 heavy (non-hydrogen) atoms. The van der Waals surface area contributed by atoms with E-state index < -0.39 is 17.3 Å². The van der Waals surface area contributed by atoms with Crippen LogP contribution in [-0.4, -0.2) is 44.5 Å². The normalized spacial score (nSPS) is 36.1. The summed E-state index contributed by atoms with van der Waals surface area (Å²) in [4.78, 5) is 13.7. The fourth-order valence-corrected chi connectivity index (χ4v) is 2.01. The topological polar surface area (TPSA) is 103 Å². The lowest BCUT2D eigenvalue weighted by Crippen LogP contribution is -2.22. The summed E-state index contributed by atoms with van der Waals surface area (Å²) in [6.45, 7) is -0.153. The molecule has 86 valence electrons. The fourth-order valence-electron chi connectivity index (χ4n) is 2.01. The highest BCUT2D eigenvalue weighted by molar-refractivity contribution is 5.12. The Labute approximate surface area is 89.6 Å². The average Bonchev–Trinajstić information content (AvgIpc) is 2.77. The average molecular weight is 227 g/mol. The zero-order chi connectivity index (χ0) is 11.3. The lowest BCUT2D eigenvalue weighted by molar-refractivity contribution is -0.398. The van der Waals surface area contributed by atoms with Gasteiger partial charge >= 0.3 is 5.95 Å². The van der Waals surface area contributed by atoms with E-state index in [1.165, 1.54) is 17.0 Å². The van der Waals surface area contributed by atoms with Gasteiger partial charge in [0, 0.05) is 0 Å². The summed E-state index contributed by atoms with van der Waals surface area (Å²) >= 11 is 0. The molecule has 2 aliphatic rings. The van der Waals surface area contributed by atoms with Crippen LogP contribution in [0.15, 0.2) is 12.4 Å². The maximum atomic E-state index is 10.7. The first-order valence-corrected chi connectivity index (χ1v) is 4.81. The number of fused-ring (bicyclic) bond motifs is 1. The Morgan fingerprint density at radius 3 is 3.00 bits per heavy atom. The van der Waals surface area contributed by atoms with E-state index >= 15 is 0 Å². The van der Waals surface area contributed by atoms with Crippen molar-refractivity contribution in [2.75, 3.05) is 6.61 Å². The van der Waals surface area contributed by atoms with Crippen LogP contribution in [0.4, 0.5) is 5.95 Å². The van der Waals surface area contributed by atoms with E-state index in [2.05, 4.69) is 4.98 Å². The maximum Gasteiger partial charge on any atom is 0.436 e. The molecular formula is C8H9N3O5. The molecule has 0 saturated carbocycles. The Morgan fingerprint density at radius 2 is 2.38 bits per heavy atom. The van der Waals surface area contributed by atoms with Crippen LogP contribution in [0.1, 0.15) is 6.23 Å². The molecule has 0 bridgehead atoms. The number of ether oxygens (including phenoxy) is 2. The Bertz CT molecular complexity index is 433. The summed E-state index contributed by atoms with van der Waals surface area (Å²) in [5.41, 5.74) is 0. The van der Waals surface area contributed by atoms with Crippen molar-refractivity contribution < 1.29 is 19.5 Å². The second-order valence-electron chi connectivity index (χ2n) is 3.70. The van der Waals surface area contributed by atoms with Gasteiger partial charge in [0.2, 0.25) is 6.23 Å². The predicted octanol–water partition coefficient (Wildman–Crippen LogP) is -0.552. The lowest BCUT2D eigenvalue weighted by Gasteiger charge is -2.14. The van der Waals surface area contributed by atoms with Crippen molar-refractivity contribution in [2.45, 2.75) is 24.5 Å². The Morgan fingerprint density at radius 1 is 1.56 bits per heavy atom. The SMILES string of the molecule is O=[N+]([O-])c1nccn1[C@@H]1O[C@H](CO)[C@H]2O[C@H]21. The number of aromatic nitrogens is 2. The molecule has 8 heteroatoms. The molecule has 0 aliphatic carbocycles. The van der Waals surface area contributed by atoms with Gasteiger partial charge in [-0.15, -0.1) is 0 Å². The lowest BCUT2D eigenvalue weighted by atomic mass is 10.2. The summed E-state index contributed by atoms with van der Waals surface area (Å²) in [6, 6.07) is 0. The number of epoxide rings is 1. The van der Waals surface area contributed by atoms with Gasteiger partial charge in [-0.1, -0.05) is 4.98 Å². The molecule has 0 spiro atoms. The van der Waals surface area contributed by atoms with Crippen molar-refractivity contribution in [2.24, 2.45) is 0 Å². The summed E-state index contributed by atoms with van der Waals surface area (Å²) in [6.07, 6.45) is 1.47. The molecule has 3 rings (SSSR count). The molecule has 1 aromatic rings. The van der Waals surface area contributed by atoms with Crippen molar-refractivity contribution in [3.63, 3.8) is 0 Å². The summed E-state index contributed by atoms with van der Waals surface area (Å²) in [5, 5.41) is 19.7. The van der Waals surface area contributed by atoms with E-state index in [1.807, 2.05) is 0 Å². The van der Waals surface area contributed by atoms with Crippen molar-refractivity contribution in [3.8, 4) is 0 Å². The van der Waals surface area contributed by atoms with Crippen LogP contribution in [0.5, 0.6) is 0 Å². The van der Waals surface area contributed by atoms with E-state index in [1.54, 1.807) is 0 Å². The van der Waals surface area contributed by atoms with Gasteiger partial charge in [0.05, 0.1) is 6.61 Å². The van der Waals surface area contributed by atoms with E-state index in [4.69, 9.17) is 14.6 Å². The van der Waals surface area contributed by atoms with E-state index in [0.717, 1.165) is 0 Å². The molecular weight excluding hydrogens is 218 g/mol. The number of nitro groups is 1. The zero-order valence-corrected chi connectivity index (χ0v) is 8.09. The molecule has 1 aromatic heterocycles. The van der Waals surface area contributed by atoms with E-state index in [9.17, 15) is 10.1 Å². The number of rotatable bonds is 3. The van der Waals surface area contributed by atoms with Crippen molar-refractivity contribution in [3.05, 3.63) is 22.5 Å². The minimum atomic E-state index is -0.576. The molecule has 2 fully saturated rings. The second-order valence-corrected chi connectivity index (χ2v) is 3.70. The third-order valence-corrected chi connectivity index (χ3v) is 2.79. The number of imidazole rings is 1. The van der Waals surface area contributed by atoms with Crippen molar-refractivity contribution >= 4 is 5.95 Å². The smallest absolute Gasteiger partial charge is 0.394 e. The van der Waals surface area contributed by atoms with Crippen molar-refractivity contribution in [1.29, 1.82) is 0 Å². The Balaban J connectivity index is 1.88. The third kappa shape index (κ3) is 1.24.